The fourth-order valence-corrected chi connectivity index (χ4v) is 2.45. The third-order valence-corrected chi connectivity index (χ3v) is 3.98. The molecule has 1 fully saturated rings. The van der Waals surface area contributed by atoms with Crippen molar-refractivity contribution in [1.29, 1.82) is 0 Å². The molecule has 0 bridgehead atoms. The molecule has 0 saturated heterocycles. The number of aromatic amines is 1. The number of hydrogen-bond donors (Lipinski definition) is 1. The maximum atomic E-state index is 12.4. The Labute approximate surface area is 113 Å². The smallest absolute Gasteiger partial charge is 0.254 e. The monoisotopic (exact) mass is 262 g/mol. The van der Waals surface area contributed by atoms with Crippen molar-refractivity contribution < 1.29 is 4.79 Å². The number of nitrogens with zero attached hydrogens (tertiary/aromatic N) is 1. The first-order chi connectivity index (χ1) is 8.72. The van der Waals surface area contributed by atoms with Crippen molar-refractivity contribution in [3.63, 3.8) is 0 Å². The van der Waals surface area contributed by atoms with E-state index >= 15 is 0 Å². The molecule has 1 aliphatic rings. The zero-order valence-electron chi connectivity index (χ0n) is 12.3. The van der Waals surface area contributed by atoms with Gasteiger partial charge in [0.2, 0.25) is 5.56 Å². The molecule has 1 N–H and O–H groups in total. The first-order valence-electron chi connectivity index (χ1n) is 6.74. The number of carbonyl (C=O) groups excluding carboxylic acids is 1. The molecule has 1 aromatic heterocycles. The summed E-state index contributed by atoms with van der Waals surface area (Å²) in [6, 6.07) is 3.46. The molecular weight excluding hydrogens is 240 g/mol. The van der Waals surface area contributed by atoms with Crippen molar-refractivity contribution in [2.75, 3.05) is 7.05 Å². The summed E-state index contributed by atoms with van der Waals surface area (Å²) >= 11 is 0. The Hall–Kier alpha value is -1.58. The Morgan fingerprint density at radius 3 is 2.47 bits per heavy atom. The van der Waals surface area contributed by atoms with Gasteiger partial charge in [-0.05, 0) is 23.8 Å². The third kappa shape index (κ3) is 2.72. The molecule has 19 heavy (non-hydrogen) atoms. The van der Waals surface area contributed by atoms with Crippen LogP contribution in [0.25, 0.3) is 0 Å². The largest absolute Gasteiger partial charge is 0.338 e. The first kappa shape index (κ1) is 13.8. The Morgan fingerprint density at radius 1 is 1.42 bits per heavy atom. The number of rotatable bonds is 3. The predicted molar refractivity (Wildman–Crippen MR) is 75.4 cm³/mol. The topological polar surface area (TPSA) is 53.2 Å². The standard InChI is InChI=1S/C15H22N2O2/c1-9(2)11-6-10(7-13(18)16-11)14(19)17(5)12-8-15(12,3)4/h6-7,9,12H,8H2,1-5H3,(H,16,18). The molecule has 1 atom stereocenters. The molecule has 1 aliphatic carbocycles. The SMILES string of the molecule is CC(C)c1cc(C(=O)N(C)C2CC2(C)C)cc(=O)[nH]1. The van der Waals surface area contributed by atoms with E-state index in [1.165, 1.54) is 6.07 Å². The van der Waals surface area contributed by atoms with E-state index in [1.54, 1.807) is 11.0 Å². The van der Waals surface area contributed by atoms with Crippen LogP contribution in [0, 0.1) is 5.41 Å². The minimum absolute atomic E-state index is 0.0661. The summed E-state index contributed by atoms with van der Waals surface area (Å²) in [4.78, 5) is 28.6. The van der Waals surface area contributed by atoms with Gasteiger partial charge in [-0.1, -0.05) is 27.7 Å². The van der Waals surface area contributed by atoms with Gasteiger partial charge in [-0.3, -0.25) is 9.59 Å². The van der Waals surface area contributed by atoms with E-state index in [-0.39, 0.29) is 28.8 Å². The lowest BCUT2D eigenvalue weighted by molar-refractivity contribution is 0.0768. The molecule has 1 aromatic rings. The second kappa shape index (κ2) is 4.51. The van der Waals surface area contributed by atoms with E-state index in [0.717, 1.165) is 12.1 Å². The van der Waals surface area contributed by atoms with Gasteiger partial charge in [0, 0.05) is 30.4 Å². The maximum Gasteiger partial charge on any atom is 0.254 e. The Kier molecular flexibility index (Phi) is 3.29. The zero-order valence-corrected chi connectivity index (χ0v) is 12.3. The maximum absolute atomic E-state index is 12.4. The highest BCUT2D eigenvalue weighted by atomic mass is 16.2. The minimum Gasteiger partial charge on any atom is -0.338 e. The van der Waals surface area contributed by atoms with E-state index < -0.39 is 0 Å². The summed E-state index contributed by atoms with van der Waals surface area (Å²) in [5.74, 6) is 0.131. The number of H-pyrrole nitrogens is 1. The fourth-order valence-electron chi connectivity index (χ4n) is 2.45. The summed E-state index contributed by atoms with van der Waals surface area (Å²) < 4.78 is 0. The predicted octanol–water partition coefficient (Wildman–Crippen LogP) is 2.37. The second-order valence-corrected chi connectivity index (χ2v) is 6.47. The van der Waals surface area contributed by atoms with Crippen LogP contribution in [0.3, 0.4) is 0 Å². The summed E-state index contributed by atoms with van der Waals surface area (Å²) in [6.45, 7) is 8.29. The zero-order chi connectivity index (χ0) is 14.4. The van der Waals surface area contributed by atoms with E-state index in [2.05, 4.69) is 18.8 Å². The molecule has 1 saturated carbocycles. The van der Waals surface area contributed by atoms with Crippen LogP contribution >= 0.6 is 0 Å². The van der Waals surface area contributed by atoms with Crippen LogP contribution in [0.15, 0.2) is 16.9 Å². The van der Waals surface area contributed by atoms with Gasteiger partial charge in [0.25, 0.3) is 5.91 Å². The van der Waals surface area contributed by atoms with Crippen LogP contribution in [0.5, 0.6) is 0 Å². The molecule has 1 heterocycles. The molecule has 0 spiro atoms. The molecule has 1 unspecified atom stereocenters. The number of carbonyl (C=O) groups is 1. The number of hydrogen-bond acceptors (Lipinski definition) is 2. The highest BCUT2D eigenvalue weighted by Gasteiger charge is 2.49. The highest BCUT2D eigenvalue weighted by Crippen LogP contribution is 2.48. The van der Waals surface area contributed by atoms with E-state index in [0.29, 0.717) is 5.56 Å². The van der Waals surface area contributed by atoms with Crippen LogP contribution < -0.4 is 5.56 Å². The lowest BCUT2D eigenvalue weighted by atomic mass is 10.1. The molecule has 4 heteroatoms. The van der Waals surface area contributed by atoms with E-state index in [4.69, 9.17) is 0 Å². The van der Waals surface area contributed by atoms with Gasteiger partial charge in [0.1, 0.15) is 0 Å². The summed E-state index contributed by atoms with van der Waals surface area (Å²) in [5, 5.41) is 0. The number of pyridine rings is 1. The van der Waals surface area contributed by atoms with Crippen molar-refractivity contribution >= 4 is 5.91 Å². The Balaban J connectivity index is 2.27. The van der Waals surface area contributed by atoms with Gasteiger partial charge < -0.3 is 9.88 Å². The molecule has 104 valence electrons. The molecule has 0 radical (unpaired) electrons. The lowest BCUT2D eigenvalue weighted by Gasteiger charge is -2.19. The third-order valence-electron chi connectivity index (χ3n) is 3.98. The highest BCUT2D eigenvalue weighted by molar-refractivity contribution is 5.94. The normalized spacial score (nSPS) is 20.4. The molecule has 0 aliphatic heterocycles. The van der Waals surface area contributed by atoms with Crippen molar-refractivity contribution in [3.05, 3.63) is 33.7 Å². The van der Waals surface area contributed by atoms with Gasteiger partial charge in [0.15, 0.2) is 0 Å². The Morgan fingerprint density at radius 2 is 2.00 bits per heavy atom. The summed E-state index contributed by atoms with van der Waals surface area (Å²) in [6.07, 6.45) is 1.02. The van der Waals surface area contributed by atoms with E-state index in [1.807, 2.05) is 20.9 Å². The van der Waals surface area contributed by atoms with Crippen LogP contribution in [-0.4, -0.2) is 28.9 Å². The fraction of sp³-hybridized carbons (Fsp3) is 0.600. The molecule has 0 aromatic carbocycles. The molecule has 1 amide bonds. The van der Waals surface area contributed by atoms with Gasteiger partial charge >= 0.3 is 0 Å². The average molecular weight is 262 g/mol. The van der Waals surface area contributed by atoms with Gasteiger partial charge in [-0.2, -0.15) is 0 Å². The van der Waals surface area contributed by atoms with Crippen molar-refractivity contribution in [2.45, 2.75) is 46.1 Å². The lowest BCUT2D eigenvalue weighted by Crippen LogP contribution is -2.32. The van der Waals surface area contributed by atoms with Gasteiger partial charge in [-0.25, -0.2) is 0 Å². The van der Waals surface area contributed by atoms with Crippen molar-refractivity contribution in [2.24, 2.45) is 5.41 Å². The average Bonchev–Trinajstić information content (AvgIpc) is 2.95. The number of nitrogens with one attached hydrogen (secondary N) is 1. The summed E-state index contributed by atoms with van der Waals surface area (Å²) in [5.41, 5.74) is 1.28. The van der Waals surface area contributed by atoms with Crippen LogP contribution in [-0.2, 0) is 0 Å². The Bertz CT molecular complexity index is 558. The second-order valence-electron chi connectivity index (χ2n) is 6.47. The number of aromatic nitrogens is 1. The minimum atomic E-state index is -0.210. The summed E-state index contributed by atoms with van der Waals surface area (Å²) in [7, 11) is 1.82. The van der Waals surface area contributed by atoms with Crippen LogP contribution in [0.2, 0.25) is 0 Å². The first-order valence-corrected chi connectivity index (χ1v) is 6.74. The van der Waals surface area contributed by atoms with Crippen molar-refractivity contribution in [3.8, 4) is 0 Å². The van der Waals surface area contributed by atoms with Crippen molar-refractivity contribution in [1.82, 2.24) is 9.88 Å². The molecule has 4 nitrogen and oxygen atoms in total. The molecular formula is C15H22N2O2. The van der Waals surface area contributed by atoms with E-state index in [9.17, 15) is 9.59 Å². The number of amides is 1. The van der Waals surface area contributed by atoms with Crippen LogP contribution in [0.1, 0.15) is 56.1 Å². The van der Waals surface area contributed by atoms with Gasteiger partial charge in [0.05, 0.1) is 0 Å². The van der Waals surface area contributed by atoms with Crippen LogP contribution in [0.4, 0.5) is 0 Å². The van der Waals surface area contributed by atoms with Gasteiger partial charge in [-0.15, -0.1) is 0 Å². The quantitative estimate of drug-likeness (QED) is 0.909. The molecule has 2 rings (SSSR count).